The lowest BCUT2D eigenvalue weighted by molar-refractivity contribution is 0.0273. The number of aromatic nitrogens is 1. The van der Waals surface area contributed by atoms with Gasteiger partial charge in [-0.05, 0) is 22.8 Å². The van der Waals surface area contributed by atoms with Gasteiger partial charge < -0.3 is 10.1 Å². The highest BCUT2D eigenvalue weighted by Gasteiger charge is 2.28. The molecule has 3 aromatic rings. The van der Waals surface area contributed by atoms with Gasteiger partial charge in [-0.25, -0.2) is 4.98 Å². The second-order valence-electron chi connectivity index (χ2n) is 6.69. The molecule has 1 N–H and O–H groups in total. The number of nitrogens with one attached hydrogen (secondary N) is 1. The van der Waals surface area contributed by atoms with Crippen LogP contribution >= 0.6 is 11.8 Å². The van der Waals surface area contributed by atoms with Crippen LogP contribution in [0.4, 0.5) is 0 Å². The summed E-state index contributed by atoms with van der Waals surface area (Å²) < 4.78 is 6.11. The Labute approximate surface area is 165 Å². The quantitative estimate of drug-likeness (QED) is 0.643. The number of benzene rings is 2. The molecule has 0 radical (unpaired) electrons. The molecule has 0 amide bonds. The van der Waals surface area contributed by atoms with E-state index in [1.54, 1.807) is 0 Å². The standard InChI is InChI=1S/C23H24N2OS/c1-3-8-18(9-4-1)16-20-12-7-13-25-23(20)27-22(19-10-5-2-6-11-19)21-17-24-14-15-26-21/h1-13,21-22,24H,14-17H2. The minimum atomic E-state index is 0.137. The molecule has 1 aromatic heterocycles. The first kappa shape index (κ1) is 18.2. The third-order valence-corrected chi connectivity index (χ3v) is 6.17. The number of nitrogens with zero attached hydrogens (tertiary/aromatic N) is 1. The van der Waals surface area contributed by atoms with Gasteiger partial charge in [-0.3, -0.25) is 0 Å². The molecule has 2 heterocycles. The molecular weight excluding hydrogens is 352 g/mol. The van der Waals surface area contributed by atoms with E-state index in [1.807, 2.05) is 24.0 Å². The van der Waals surface area contributed by atoms with Crippen molar-refractivity contribution in [3.8, 4) is 0 Å². The molecule has 2 atom stereocenters. The lowest BCUT2D eigenvalue weighted by Gasteiger charge is -2.31. The van der Waals surface area contributed by atoms with Crippen LogP contribution in [0.2, 0.25) is 0 Å². The Morgan fingerprint density at radius 2 is 1.78 bits per heavy atom. The highest BCUT2D eigenvalue weighted by Crippen LogP contribution is 2.40. The molecule has 0 aliphatic carbocycles. The van der Waals surface area contributed by atoms with Crippen LogP contribution < -0.4 is 5.32 Å². The van der Waals surface area contributed by atoms with Gasteiger partial charge in [0.15, 0.2) is 0 Å². The zero-order chi connectivity index (χ0) is 18.3. The summed E-state index contributed by atoms with van der Waals surface area (Å²) in [4.78, 5) is 4.72. The lowest BCUT2D eigenvalue weighted by atomic mass is 10.1. The van der Waals surface area contributed by atoms with E-state index in [2.05, 4.69) is 72.0 Å². The van der Waals surface area contributed by atoms with Crippen LogP contribution in [0.1, 0.15) is 21.9 Å². The van der Waals surface area contributed by atoms with Gasteiger partial charge in [-0.2, -0.15) is 0 Å². The minimum absolute atomic E-state index is 0.137. The second-order valence-corrected chi connectivity index (χ2v) is 7.82. The molecule has 1 aliphatic rings. The zero-order valence-electron chi connectivity index (χ0n) is 15.3. The molecule has 4 heteroatoms. The van der Waals surface area contributed by atoms with Crippen molar-refractivity contribution in [3.63, 3.8) is 0 Å². The van der Waals surface area contributed by atoms with Crippen molar-refractivity contribution >= 4 is 11.8 Å². The summed E-state index contributed by atoms with van der Waals surface area (Å²) in [5, 5.41) is 4.77. The van der Waals surface area contributed by atoms with E-state index in [4.69, 9.17) is 9.72 Å². The van der Waals surface area contributed by atoms with Crippen molar-refractivity contribution in [1.82, 2.24) is 10.3 Å². The van der Waals surface area contributed by atoms with Crippen molar-refractivity contribution in [2.75, 3.05) is 19.7 Å². The van der Waals surface area contributed by atoms with Crippen molar-refractivity contribution in [2.24, 2.45) is 0 Å². The van der Waals surface area contributed by atoms with E-state index in [0.29, 0.717) is 0 Å². The fourth-order valence-corrected chi connectivity index (χ4v) is 4.66. The Morgan fingerprint density at radius 3 is 2.52 bits per heavy atom. The average Bonchev–Trinajstić information content (AvgIpc) is 2.75. The Kier molecular flexibility index (Phi) is 6.20. The van der Waals surface area contributed by atoms with E-state index in [1.165, 1.54) is 16.7 Å². The molecule has 2 aromatic carbocycles. The fraction of sp³-hybridized carbons (Fsp3) is 0.261. The van der Waals surface area contributed by atoms with E-state index in [-0.39, 0.29) is 11.4 Å². The molecule has 27 heavy (non-hydrogen) atoms. The molecule has 1 fully saturated rings. The summed E-state index contributed by atoms with van der Waals surface area (Å²) in [5.74, 6) is 0. The van der Waals surface area contributed by atoms with Gasteiger partial charge >= 0.3 is 0 Å². The smallest absolute Gasteiger partial charge is 0.100 e. The normalized spacial score (nSPS) is 18.1. The van der Waals surface area contributed by atoms with E-state index in [0.717, 1.165) is 31.1 Å². The summed E-state index contributed by atoms with van der Waals surface area (Å²) in [5.41, 5.74) is 3.85. The maximum Gasteiger partial charge on any atom is 0.100 e. The van der Waals surface area contributed by atoms with Gasteiger partial charge in [-0.1, -0.05) is 78.5 Å². The van der Waals surface area contributed by atoms with Crippen LogP contribution in [0.25, 0.3) is 0 Å². The first-order valence-electron chi connectivity index (χ1n) is 9.42. The Bertz CT molecular complexity index is 835. The first-order valence-corrected chi connectivity index (χ1v) is 10.3. The second kappa shape index (κ2) is 9.18. The summed E-state index contributed by atoms with van der Waals surface area (Å²) in [6, 6.07) is 25.4. The number of ether oxygens (including phenoxy) is 1. The van der Waals surface area contributed by atoms with Crippen LogP contribution in [0.3, 0.4) is 0 Å². The summed E-state index contributed by atoms with van der Waals surface area (Å²) in [6.07, 6.45) is 2.92. The molecule has 3 nitrogen and oxygen atoms in total. The van der Waals surface area contributed by atoms with Gasteiger partial charge in [0.05, 0.1) is 18.0 Å². The SMILES string of the molecule is c1ccc(Cc2cccnc2SC(c2ccccc2)C2CNCCO2)cc1. The highest BCUT2D eigenvalue weighted by molar-refractivity contribution is 7.99. The predicted molar refractivity (Wildman–Crippen MR) is 111 cm³/mol. The van der Waals surface area contributed by atoms with Crippen molar-refractivity contribution < 1.29 is 4.74 Å². The van der Waals surface area contributed by atoms with Crippen LogP contribution in [0, 0.1) is 0 Å². The van der Waals surface area contributed by atoms with Crippen molar-refractivity contribution in [1.29, 1.82) is 0 Å². The summed E-state index contributed by atoms with van der Waals surface area (Å²) in [6.45, 7) is 2.55. The molecule has 138 valence electrons. The average molecular weight is 377 g/mol. The summed E-state index contributed by atoms with van der Waals surface area (Å²) >= 11 is 1.82. The number of hydrogen-bond acceptors (Lipinski definition) is 4. The molecule has 1 saturated heterocycles. The zero-order valence-corrected chi connectivity index (χ0v) is 16.1. The number of rotatable bonds is 6. The van der Waals surface area contributed by atoms with Gasteiger partial charge in [0, 0.05) is 25.7 Å². The van der Waals surface area contributed by atoms with Crippen molar-refractivity contribution in [2.45, 2.75) is 22.8 Å². The van der Waals surface area contributed by atoms with E-state index >= 15 is 0 Å². The molecule has 4 rings (SSSR count). The highest BCUT2D eigenvalue weighted by atomic mass is 32.2. The van der Waals surface area contributed by atoms with Gasteiger partial charge in [0.1, 0.15) is 5.03 Å². The van der Waals surface area contributed by atoms with Crippen LogP contribution in [0.15, 0.2) is 84.0 Å². The van der Waals surface area contributed by atoms with Gasteiger partial charge in [0.25, 0.3) is 0 Å². The topological polar surface area (TPSA) is 34.2 Å². The summed E-state index contributed by atoms with van der Waals surface area (Å²) in [7, 11) is 0. The molecule has 0 spiro atoms. The fourth-order valence-electron chi connectivity index (χ4n) is 3.38. The third kappa shape index (κ3) is 4.78. The van der Waals surface area contributed by atoms with Crippen LogP contribution in [-0.4, -0.2) is 30.8 Å². The van der Waals surface area contributed by atoms with Crippen LogP contribution in [0.5, 0.6) is 0 Å². The monoisotopic (exact) mass is 376 g/mol. The molecule has 2 unspecified atom stereocenters. The Balaban J connectivity index is 1.61. The largest absolute Gasteiger partial charge is 0.374 e. The molecule has 0 bridgehead atoms. The molecular formula is C23H24N2OS. The first-order chi connectivity index (χ1) is 13.4. The number of pyridine rings is 1. The molecule has 1 aliphatic heterocycles. The van der Waals surface area contributed by atoms with Gasteiger partial charge in [-0.15, -0.1) is 0 Å². The van der Waals surface area contributed by atoms with E-state index < -0.39 is 0 Å². The van der Waals surface area contributed by atoms with Crippen molar-refractivity contribution in [3.05, 3.63) is 95.7 Å². The Morgan fingerprint density at radius 1 is 1.00 bits per heavy atom. The van der Waals surface area contributed by atoms with Gasteiger partial charge in [0.2, 0.25) is 0 Å². The van der Waals surface area contributed by atoms with Crippen LogP contribution in [-0.2, 0) is 11.2 Å². The number of hydrogen-bond donors (Lipinski definition) is 1. The number of thioether (sulfide) groups is 1. The molecule has 0 saturated carbocycles. The third-order valence-electron chi connectivity index (χ3n) is 4.75. The maximum atomic E-state index is 6.11. The maximum absolute atomic E-state index is 6.11. The predicted octanol–water partition coefficient (Wildman–Crippen LogP) is 4.49. The minimum Gasteiger partial charge on any atom is -0.374 e. The number of morpholine rings is 1. The Hall–Kier alpha value is -2.14. The van der Waals surface area contributed by atoms with E-state index in [9.17, 15) is 0 Å². The lowest BCUT2D eigenvalue weighted by Crippen LogP contribution is -2.41.